The second-order valence-corrected chi connectivity index (χ2v) is 4.41. The highest BCUT2D eigenvalue weighted by Gasteiger charge is 2.30. The monoisotopic (exact) mass is 310 g/mol. The highest BCUT2D eigenvalue weighted by atomic mass is 35.5. The van der Waals surface area contributed by atoms with E-state index in [2.05, 4.69) is 5.32 Å². The fourth-order valence-corrected chi connectivity index (χ4v) is 1.76. The van der Waals surface area contributed by atoms with E-state index in [1.165, 1.54) is 0 Å². The lowest BCUT2D eigenvalue weighted by atomic mass is 10.1. The summed E-state index contributed by atoms with van der Waals surface area (Å²) in [7, 11) is 0. The van der Waals surface area contributed by atoms with Crippen molar-refractivity contribution in [3.63, 3.8) is 0 Å². The van der Waals surface area contributed by atoms with E-state index < -0.39 is 24.5 Å². The average molecular weight is 311 g/mol. The van der Waals surface area contributed by atoms with Crippen LogP contribution >= 0.6 is 12.4 Å². The minimum Gasteiger partial charge on any atom is -0.368 e. The van der Waals surface area contributed by atoms with E-state index >= 15 is 0 Å². The van der Waals surface area contributed by atoms with Crippen molar-refractivity contribution in [2.24, 2.45) is 5.73 Å². The van der Waals surface area contributed by atoms with Gasteiger partial charge in [-0.15, -0.1) is 12.4 Å². The number of halogens is 4. The fourth-order valence-electron chi connectivity index (χ4n) is 1.76. The fraction of sp³-hybridized carbons (Fsp3) is 0.462. The molecule has 0 radical (unpaired) electrons. The first-order valence-corrected chi connectivity index (χ1v) is 5.96. The van der Waals surface area contributed by atoms with Crippen molar-refractivity contribution < 1.29 is 18.0 Å². The molecule has 0 aromatic heterocycles. The topological polar surface area (TPSA) is 55.1 Å². The van der Waals surface area contributed by atoms with Crippen LogP contribution in [0.1, 0.15) is 31.4 Å². The van der Waals surface area contributed by atoms with E-state index in [0.29, 0.717) is 0 Å². The number of carbonyl (C=O) groups excluding carboxylic acids is 1. The summed E-state index contributed by atoms with van der Waals surface area (Å²) in [6, 6.07) is 7.92. The van der Waals surface area contributed by atoms with Crippen molar-refractivity contribution in [3.05, 3.63) is 35.9 Å². The molecule has 114 valence electrons. The molecule has 0 spiro atoms. The smallest absolute Gasteiger partial charge is 0.368 e. The van der Waals surface area contributed by atoms with E-state index in [9.17, 15) is 18.0 Å². The number of alkyl halides is 3. The van der Waals surface area contributed by atoms with Crippen LogP contribution in [-0.4, -0.2) is 18.1 Å². The van der Waals surface area contributed by atoms with Gasteiger partial charge in [0.15, 0.2) is 0 Å². The third kappa shape index (κ3) is 6.77. The van der Waals surface area contributed by atoms with Crippen LogP contribution in [0.4, 0.5) is 13.2 Å². The van der Waals surface area contributed by atoms with Crippen LogP contribution in [0.5, 0.6) is 0 Å². The maximum atomic E-state index is 12.2. The van der Waals surface area contributed by atoms with Crippen molar-refractivity contribution in [2.45, 2.75) is 38.0 Å². The molecule has 1 aromatic carbocycles. The third-order valence-corrected chi connectivity index (χ3v) is 2.81. The second-order valence-electron chi connectivity index (χ2n) is 4.41. The second kappa shape index (κ2) is 8.11. The summed E-state index contributed by atoms with van der Waals surface area (Å²) in [5.74, 6) is -0.771. The van der Waals surface area contributed by atoms with Crippen molar-refractivity contribution in [1.82, 2.24) is 5.32 Å². The number of primary amides is 1. The van der Waals surface area contributed by atoms with Crippen molar-refractivity contribution in [3.8, 4) is 0 Å². The quantitative estimate of drug-likeness (QED) is 0.849. The summed E-state index contributed by atoms with van der Waals surface area (Å²) in [5.41, 5.74) is 6.01. The maximum Gasteiger partial charge on any atom is 0.389 e. The van der Waals surface area contributed by atoms with Crippen molar-refractivity contribution in [2.75, 3.05) is 0 Å². The molecule has 1 aromatic rings. The van der Waals surface area contributed by atoms with Gasteiger partial charge in [-0.25, -0.2) is 0 Å². The Labute approximate surface area is 122 Å². The number of nitrogens with two attached hydrogens (primary N) is 1. The van der Waals surface area contributed by atoms with Gasteiger partial charge < -0.3 is 5.73 Å². The Morgan fingerprint density at radius 3 is 2.30 bits per heavy atom. The van der Waals surface area contributed by atoms with Crippen LogP contribution in [0.15, 0.2) is 30.3 Å². The van der Waals surface area contributed by atoms with Crippen molar-refractivity contribution >= 4 is 18.3 Å². The normalized spacial score (nSPS) is 14.2. The highest BCUT2D eigenvalue weighted by Crippen LogP contribution is 2.23. The summed E-state index contributed by atoms with van der Waals surface area (Å²) < 4.78 is 36.5. The molecule has 1 rings (SSSR count). The zero-order valence-corrected chi connectivity index (χ0v) is 11.8. The zero-order valence-electron chi connectivity index (χ0n) is 11.0. The molecule has 0 saturated carbocycles. The van der Waals surface area contributed by atoms with Crippen LogP contribution in [0.3, 0.4) is 0 Å². The summed E-state index contributed by atoms with van der Waals surface area (Å²) in [5, 5.41) is 2.83. The lowest BCUT2D eigenvalue weighted by Gasteiger charge is -2.21. The standard InChI is InChI=1S/C13H17F3N2O.ClH/c1-9(10-5-3-2-4-6-10)18-11(12(17)19)7-8-13(14,15)16;/h2-6,9,11,18H,7-8H2,1H3,(H2,17,19);1H. The molecule has 2 unspecified atom stereocenters. The molecular formula is C13H18ClF3N2O. The number of hydrogen-bond donors (Lipinski definition) is 2. The van der Waals surface area contributed by atoms with Crippen LogP contribution in [0.2, 0.25) is 0 Å². The van der Waals surface area contributed by atoms with E-state index in [4.69, 9.17) is 5.73 Å². The Morgan fingerprint density at radius 1 is 1.30 bits per heavy atom. The molecule has 0 aliphatic carbocycles. The SMILES string of the molecule is CC(NC(CCC(F)(F)F)C(N)=O)c1ccccc1.Cl. The average Bonchev–Trinajstić information content (AvgIpc) is 2.33. The molecular weight excluding hydrogens is 293 g/mol. The molecule has 20 heavy (non-hydrogen) atoms. The third-order valence-electron chi connectivity index (χ3n) is 2.81. The Morgan fingerprint density at radius 2 is 1.85 bits per heavy atom. The van der Waals surface area contributed by atoms with E-state index in [0.717, 1.165) is 5.56 Å². The molecule has 7 heteroatoms. The molecule has 0 aliphatic heterocycles. The molecule has 3 N–H and O–H groups in total. The maximum absolute atomic E-state index is 12.2. The highest BCUT2D eigenvalue weighted by molar-refractivity contribution is 5.85. The van der Waals surface area contributed by atoms with Gasteiger partial charge in [0, 0.05) is 12.5 Å². The van der Waals surface area contributed by atoms with Gasteiger partial charge in [-0.05, 0) is 18.9 Å². The van der Waals surface area contributed by atoms with Crippen LogP contribution in [0, 0.1) is 0 Å². The zero-order chi connectivity index (χ0) is 14.5. The number of hydrogen-bond acceptors (Lipinski definition) is 2. The number of rotatable bonds is 6. The number of benzene rings is 1. The largest absolute Gasteiger partial charge is 0.389 e. The van der Waals surface area contributed by atoms with Gasteiger partial charge in [0.1, 0.15) is 0 Å². The lowest BCUT2D eigenvalue weighted by molar-refractivity contribution is -0.138. The predicted molar refractivity (Wildman–Crippen MR) is 73.5 cm³/mol. The molecule has 0 bridgehead atoms. The summed E-state index contributed by atoms with van der Waals surface area (Å²) in [6.45, 7) is 1.78. The molecule has 0 heterocycles. The van der Waals surface area contributed by atoms with Gasteiger partial charge in [0.25, 0.3) is 0 Å². The summed E-state index contributed by atoms with van der Waals surface area (Å²) in [6.07, 6.45) is -5.67. The molecule has 0 aliphatic rings. The summed E-state index contributed by atoms with van der Waals surface area (Å²) in [4.78, 5) is 11.2. The van der Waals surface area contributed by atoms with Gasteiger partial charge in [-0.1, -0.05) is 30.3 Å². The van der Waals surface area contributed by atoms with E-state index in [1.807, 2.05) is 30.3 Å². The molecule has 1 amide bonds. The number of amides is 1. The van der Waals surface area contributed by atoms with E-state index in [-0.39, 0.29) is 24.9 Å². The van der Waals surface area contributed by atoms with Gasteiger partial charge in [-0.2, -0.15) is 13.2 Å². The Kier molecular flexibility index (Phi) is 7.60. The van der Waals surface area contributed by atoms with Gasteiger partial charge in [0.05, 0.1) is 6.04 Å². The molecule has 0 fully saturated rings. The predicted octanol–water partition coefficient (Wildman–Crippen LogP) is 2.96. The minimum atomic E-state index is -4.29. The first-order chi connectivity index (χ1) is 8.79. The Bertz CT molecular complexity index is 412. The molecule has 3 nitrogen and oxygen atoms in total. The number of nitrogens with one attached hydrogen (secondary N) is 1. The Balaban J connectivity index is 0.00000361. The van der Waals surface area contributed by atoms with Gasteiger partial charge >= 0.3 is 6.18 Å². The molecule has 0 saturated heterocycles. The first-order valence-electron chi connectivity index (χ1n) is 5.96. The number of carbonyl (C=O) groups is 1. The van der Waals surface area contributed by atoms with Gasteiger partial charge in [-0.3, -0.25) is 10.1 Å². The summed E-state index contributed by atoms with van der Waals surface area (Å²) >= 11 is 0. The minimum absolute atomic E-state index is 0. The first kappa shape index (κ1) is 18.7. The van der Waals surface area contributed by atoms with Crippen LogP contribution in [0.25, 0.3) is 0 Å². The van der Waals surface area contributed by atoms with Gasteiger partial charge in [0.2, 0.25) is 5.91 Å². The van der Waals surface area contributed by atoms with Crippen LogP contribution < -0.4 is 11.1 Å². The van der Waals surface area contributed by atoms with Crippen LogP contribution in [-0.2, 0) is 4.79 Å². The van der Waals surface area contributed by atoms with E-state index in [1.54, 1.807) is 6.92 Å². The Hall–Kier alpha value is -1.27. The molecule has 2 atom stereocenters. The van der Waals surface area contributed by atoms with Crippen molar-refractivity contribution in [1.29, 1.82) is 0 Å². The lowest BCUT2D eigenvalue weighted by Crippen LogP contribution is -2.43.